The minimum atomic E-state index is -0.504. The molecule has 1 amide bonds. The molecule has 2 aromatic carbocycles. The van der Waals surface area contributed by atoms with Crippen LogP contribution in [0.4, 0.5) is 5.82 Å². The number of carbonyl (C=O) groups excluding carboxylic acids is 1. The lowest BCUT2D eigenvalue weighted by atomic mass is 9.89. The first kappa shape index (κ1) is 21.9. The Bertz CT molecular complexity index is 1490. The highest BCUT2D eigenvalue weighted by molar-refractivity contribution is 7.08. The zero-order valence-electron chi connectivity index (χ0n) is 18.0. The SMILES string of the molecule is NC(=O)C(=Cc1ccsc1)[C@H](Cc1ccccc1)c1nc(-c2ccc3c(N)n[nH]c3c2)c(Cl)[nH]1. The molecule has 6 N–H and O–H groups in total. The Labute approximate surface area is 204 Å². The summed E-state index contributed by atoms with van der Waals surface area (Å²) < 4.78 is 0. The number of primary amides is 1. The summed E-state index contributed by atoms with van der Waals surface area (Å²) in [7, 11) is 0. The van der Waals surface area contributed by atoms with Crippen LogP contribution in [0.2, 0.25) is 5.15 Å². The molecule has 0 aliphatic heterocycles. The average molecular weight is 489 g/mol. The van der Waals surface area contributed by atoms with Crippen molar-refractivity contribution in [3.8, 4) is 11.3 Å². The maximum atomic E-state index is 12.6. The second-order valence-electron chi connectivity index (χ2n) is 7.92. The van der Waals surface area contributed by atoms with E-state index < -0.39 is 11.8 Å². The minimum Gasteiger partial charge on any atom is -0.382 e. The second kappa shape index (κ2) is 9.17. The highest BCUT2D eigenvalue weighted by atomic mass is 35.5. The highest BCUT2D eigenvalue weighted by Crippen LogP contribution is 2.35. The Morgan fingerprint density at radius 3 is 2.74 bits per heavy atom. The van der Waals surface area contributed by atoms with Crippen molar-refractivity contribution >= 4 is 51.6 Å². The number of hydrogen-bond donors (Lipinski definition) is 4. The topological polar surface area (TPSA) is 126 Å². The van der Waals surface area contributed by atoms with Crippen LogP contribution in [0.15, 0.2) is 70.9 Å². The van der Waals surface area contributed by atoms with E-state index in [1.807, 2.05) is 71.4 Å². The Hall–Kier alpha value is -3.88. The van der Waals surface area contributed by atoms with Crippen molar-refractivity contribution in [3.63, 3.8) is 0 Å². The summed E-state index contributed by atoms with van der Waals surface area (Å²) in [4.78, 5) is 20.6. The van der Waals surface area contributed by atoms with E-state index in [2.05, 4.69) is 15.2 Å². The number of amides is 1. The van der Waals surface area contributed by atoms with Gasteiger partial charge in [0.15, 0.2) is 5.82 Å². The molecule has 0 spiro atoms. The molecule has 7 nitrogen and oxygen atoms in total. The molecular formula is C25H21ClN6OS. The van der Waals surface area contributed by atoms with Crippen molar-refractivity contribution < 1.29 is 4.79 Å². The van der Waals surface area contributed by atoms with Crippen molar-refractivity contribution in [3.05, 3.63) is 93.0 Å². The van der Waals surface area contributed by atoms with Gasteiger partial charge in [0.1, 0.15) is 16.7 Å². The Morgan fingerprint density at radius 1 is 1.18 bits per heavy atom. The van der Waals surface area contributed by atoms with Gasteiger partial charge in [-0.15, -0.1) is 0 Å². The fourth-order valence-corrected chi connectivity index (χ4v) is 4.86. The summed E-state index contributed by atoms with van der Waals surface area (Å²) >= 11 is 8.16. The number of nitrogens with zero attached hydrogens (tertiary/aromatic N) is 2. The molecule has 9 heteroatoms. The number of carbonyl (C=O) groups is 1. The van der Waals surface area contributed by atoms with Crippen LogP contribution in [0, 0.1) is 0 Å². The van der Waals surface area contributed by atoms with Crippen LogP contribution in [-0.4, -0.2) is 26.1 Å². The molecule has 0 fully saturated rings. The van der Waals surface area contributed by atoms with Crippen LogP contribution in [0.3, 0.4) is 0 Å². The number of nitrogen functional groups attached to an aromatic ring is 1. The first-order valence-electron chi connectivity index (χ1n) is 10.6. The lowest BCUT2D eigenvalue weighted by molar-refractivity contribution is -0.114. The predicted molar refractivity (Wildman–Crippen MR) is 137 cm³/mol. The third-order valence-electron chi connectivity index (χ3n) is 5.68. The van der Waals surface area contributed by atoms with Crippen LogP contribution in [0.25, 0.3) is 28.2 Å². The number of rotatable bonds is 7. The first-order valence-corrected chi connectivity index (χ1v) is 11.9. The van der Waals surface area contributed by atoms with E-state index in [1.165, 1.54) is 0 Å². The lowest BCUT2D eigenvalue weighted by Crippen LogP contribution is -2.22. The number of H-pyrrole nitrogens is 2. The van der Waals surface area contributed by atoms with E-state index in [4.69, 9.17) is 28.1 Å². The monoisotopic (exact) mass is 488 g/mol. The van der Waals surface area contributed by atoms with E-state index in [1.54, 1.807) is 11.3 Å². The van der Waals surface area contributed by atoms with Gasteiger partial charge in [-0.1, -0.05) is 48.0 Å². The van der Waals surface area contributed by atoms with E-state index in [-0.39, 0.29) is 0 Å². The average Bonchev–Trinajstić information content (AvgIpc) is 3.57. The quantitative estimate of drug-likeness (QED) is 0.236. The van der Waals surface area contributed by atoms with Gasteiger partial charge in [0.2, 0.25) is 5.91 Å². The standard InChI is InChI=1S/C25H21ClN6OS/c26-22-21(16-6-7-17-20(12-16)31-32-23(17)27)29-25(30-22)19(10-14-4-2-1-3-5-14)18(24(28)33)11-15-8-9-34-13-15/h1-9,11-13,19H,10H2,(H2,28,33)(H,29,30)(H3,27,31,32)/t19-/m0/s1. The molecule has 0 aliphatic rings. The van der Waals surface area contributed by atoms with Crippen LogP contribution < -0.4 is 11.5 Å². The zero-order valence-corrected chi connectivity index (χ0v) is 19.5. The number of benzene rings is 2. The number of anilines is 1. The summed E-state index contributed by atoms with van der Waals surface area (Å²) in [5, 5.41) is 12.1. The van der Waals surface area contributed by atoms with Gasteiger partial charge in [-0.25, -0.2) is 4.98 Å². The van der Waals surface area contributed by atoms with Crippen molar-refractivity contribution in [1.29, 1.82) is 0 Å². The smallest absolute Gasteiger partial charge is 0.245 e. The number of aromatic amines is 2. The zero-order chi connectivity index (χ0) is 23.7. The third-order valence-corrected chi connectivity index (χ3v) is 6.66. The van der Waals surface area contributed by atoms with Crippen molar-refractivity contribution in [2.24, 2.45) is 5.73 Å². The fraction of sp³-hybridized carbons (Fsp3) is 0.0800. The molecule has 170 valence electrons. The normalized spacial score (nSPS) is 12.8. The van der Waals surface area contributed by atoms with Crippen molar-refractivity contribution in [1.82, 2.24) is 20.2 Å². The van der Waals surface area contributed by atoms with Crippen LogP contribution >= 0.6 is 22.9 Å². The van der Waals surface area contributed by atoms with Gasteiger partial charge in [0, 0.05) is 16.5 Å². The molecule has 3 heterocycles. The van der Waals surface area contributed by atoms with Gasteiger partial charge in [0.05, 0.1) is 11.4 Å². The minimum absolute atomic E-state index is 0.374. The van der Waals surface area contributed by atoms with Gasteiger partial charge >= 0.3 is 0 Å². The Balaban J connectivity index is 1.60. The lowest BCUT2D eigenvalue weighted by Gasteiger charge is -2.17. The molecule has 0 aliphatic carbocycles. The number of halogens is 1. The number of thiophene rings is 1. The summed E-state index contributed by atoms with van der Waals surface area (Å²) in [5.74, 6) is 0.0736. The maximum Gasteiger partial charge on any atom is 0.245 e. The Morgan fingerprint density at radius 2 is 2.00 bits per heavy atom. The fourth-order valence-electron chi connectivity index (χ4n) is 4.00. The van der Waals surface area contributed by atoms with Gasteiger partial charge in [-0.3, -0.25) is 9.89 Å². The molecule has 5 aromatic rings. The molecule has 3 aromatic heterocycles. The number of aromatic nitrogens is 4. The number of nitrogens with two attached hydrogens (primary N) is 2. The summed E-state index contributed by atoms with van der Waals surface area (Å²) in [6, 6.07) is 17.5. The van der Waals surface area contributed by atoms with Gasteiger partial charge in [-0.2, -0.15) is 16.4 Å². The molecular weight excluding hydrogens is 468 g/mol. The molecule has 34 heavy (non-hydrogen) atoms. The molecule has 0 bridgehead atoms. The molecule has 0 unspecified atom stereocenters. The highest BCUT2D eigenvalue weighted by Gasteiger charge is 2.26. The van der Waals surface area contributed by atoms with Crippen molar-refractivity contribution in [2.45, 2.75) is 12.3 Å². The molecule has 0 saturated heterocycles. The number of hydrogen-bond acceptors (Lipinski definition) is 5. The van der Waals surface area contributed by atoms with Gasteiger partial charge in [-0.05, 0) is 52.6 Å². The van der Waals surface area contributed by atoms with E-state index >= 15 is 0 Å². The summed E-state index contributed by atoms with van der Waals surface area (Å²) in [6.45, 7) is 0. The predicted octanol–water partition coefficient (Wildman–Crippen LogP) is 5.15. The van der Waals surface area contributed by atoms with Crippen molar-refractivity contribution in [2.75, 3.05) is 5.73 Å². The molecule has 1 atom stereocenters. The number of fused-ring (bicyclic) bond motifs is 1. The summed E-state index contributed by atoms with van der Waals surface area (Å²) in [5.41, 5.74) is 16.3. The molecule has 0 saturated carbocycles. The van der Waals surface area contributed by atoms with E-state index in [0.717, 1.165) is 27.6 Å². The molecule has 5 rings (SSSR count). The van der Waals surface area contributed by atoms with Gasteiger partial charge < -0.3 is 16.5 Å². The van der Waals surface area contributed by atoms with E-state index in [9.17, 15) is 4.79 Å². The van der Waals surface area contributed by atoms with Crippen LogP contribution in [0.1, 0.15) is 22.9 Å². The third kappa shape index (κ3) is 4.33. The van der Waals surface area contributed by atoms with Crippen LogP contribution in [0.5, 0.6) is 0 Å². The first-order chi connectivity index (χ1) is 16.5. The van der Waals surface area contributed by atoms with Crippen LogP contribution in [-0.2, 0) is 11.2 Å². The second-order valence-corrected chi connectivity index (χ2v) is 9.07. The molecule has 0 radical (unpaired) electrons. The number of imidazole rings is 1. The number of nitrogens with one attached hydrogen (secondary N) is 2. The van der Waals surface area contributed by atoms with E-state index in [0.29, 0.717) is 34.5 Å². The Kier molecular flexibility index (Phi) is 5.91. The largest absolute Gasteiger partial charge is 0.382 e. The summed E-state index contributed by atoms with van der Waals surface area (Å²) in [6.07, 6.45) is 2.35. The van der Waals surface area contributed by atoms with Gasteiger partial charge in [0.25, 0.3) is 0 Å². The maximum absolute atomic E-state index is 12.6.